The third-order valence-corrected chi connectivity index (χ3v) is 5.95. The smallest absolute Gasteiger partial charge is 0.274 e. The second-order valence-electron chi connectivity index (χ2n) is 7.98. The Hall–Kier alpha value is -3.59. The maximum Gasteiger partial charge on any atom is 0.274 e. The van der Waals surface area contributed by atoms with Gasteiger partial charge in [0, 0.05) is 69.4 Å². The van der Waals surface area contributed by atoms with E-state index in [2.05, 4.69) is 15.0 Å². The quantitative estimate of drug-likeness (QED) is 0.419. The van der Waals surface area contributed by atoms with E-state index in [1.807, 2.05) is 31.4 Å². The molecule has 0 spiro atoms. The summed E-state index contributed by atoms with van der Waals surface area (Å²) in [6, 6.07) is 14.0. The number of carbonyl (C=O) groups excluding carboxylic acids is 1. The van der Waals surface area contributed by atoms with Crippen molar-refractivity contribution in [2.75, 3.05) is 26.7 Å². The molecule has 9 nitrogen and oxygen atoms in total. The molecule has 1 aliphatic heterocycles. The van der Waals surface area contributed by atoms with Crippen molar-refractivity contribution in [2.24, 2.45) is 0 Å². The molecule has 1 fully saturated rings. The Morgan fingerprint density at radius 1 is 1.19 bits per heavy atom. The van der Waals surface area contributed by atoms with E-state index in [1.165, 1.54) is 16.8 Å². The Bertz CT molecular complexity index is 1080. The average molecular weight is 435 g/mol. The highest BCUT2D eigenvalue weighted by Crippen LogP contribution is 2.19. The van der Waals surface area contributed by atoms with Gasteiger partial charge in [0.2, 0.25) is 0 Å². The van der Waals surface area contributed by atoms with Gasteiger partial charge in [0.25, 0.3) is 11.6 Å². The van der Waals surface area contributed by atoms with Gasteiger partial charge in [-0.2, -0.15) is 5.10 Å². The fourth-order valence-corrected chi connectivity index (χ4v) is 4.03. The highest BCUT2D eigenvalue weighted by atomic mass is 16.6. The first-order valence-corrected chi connectivity index (χ1v) is 10.7. The molecule has 0 N–H and O–H groups in total. The lowest BCUT2D eigenvalue weighted by Gasteiger charge is -2.36. The van der Waals surface area contributed by atoms with Gasteiger partial charge in [-0.25, -0.2) is 4.68 Å². The summed E-state index contributed by atoms with van der Waals surface area (Å²) < 4.78 is 1.49. The maximum absolute atomic E-state index is 13.0. The summed E-state index contributed by atoms with van der Waals surface area (Å²) in [4.78, 5) is 32.1. The molecule has 0 saturated carbocycles. The van der Waals surface area contributed by atoms with Crippen LogP contribution in [0.5, 0.6) is 0 Å². The molecule has 166 valence electrons. The van der Waals surface area contributed by atoms with E-state index < -0.39 is 4.92 Å². The van der Waals surface area contributed by atoms with Gasteiger partial charge in [0.15, 0.2) is 5.69 Å². The summed E-state index contributed by atoms with van der Waals surface area (Å²) in [5, 5.41) is 15.4. The van der Waals surface area contributed by atoms with Crippen molar-refractivity contribution in [3.05, 3.63) is 82.4 Å². The normalized spacial score (nSPS) is 14.9. The van der Waals surface area contributed by atoms with Crippen LogP contribution in [0.1, 0.15) is 29.0 Å². The third-order valence-electron chi connectivity index (χ3n) is 5.95. The lowest BCUT2D eigenvalue weighted by atomic mass is 10.0. The minimum absolute atomic E-state index is 0.0159. The third kappa shape index (κ3) is 5.00. The predicted octanol–water partition coefficient (Wildman–Crippen LogP) is 2.95. The highest BCUT2D eigenvalue weighted by Gasteiger charge is 2.27. The Labute approximate surface area is 186 Å². The van der Waals surface area contributed by atoms with E-state index in [4.69, 9.17) is 0 Å². The number of non-ortho nitro benzene ring substituents is 1. The number of carbonyl (C=O) groups is 1. The van der Waals surface area contributed by atoms with Crippen molar-refractivity contribution in [1.29, 1.82) is 0 Å². The number of aromatic nitrogens is 3. The van der Waals surface area contributed by atoms with Crippen molar-refractivity contribution in [2.45, 2.75) is 25.3 Å². The van der Waals surface area contributed by atoms with Crippen LogP contribution in [0, 0.1) is 10.1 Å². The molecule has 0 radical (unpaired) electrons. The van der Waals surface area contributed by atoms with Crippen molar-refractivity contribution in [3.8, 4) is 5.69 Å². The van der Waals surface area contributed by atoms with Gasteiger partial charge in [-0.1, -0.05) is 12.1 Å². The topological polar surface area (TPSA) is 97.4 Å². The van der Waals surface area contributed by atoms with E-state index in [0.29, 0.717) is 11.4 Å². The highest BCUT2D eigenvalue weighted by molar-refractivity contribution is 5.92. The predicted molar refractivity (Wildman–Crippen MR) is 120 cm³/mol. The monoisotopic (exact) mass is 434 g/mol. The number of nitro benzene ring substituents is 1. The van der Waals surface area contributed by atoms with Crippen LogP contribution in [0.3, 0.4) is 0 Å². The van der Waals surface area contributed by atoms with Crippen molar-refractivity contribution < 1.29 is 9.72 Å². The number of likely N-dealkylation sites (tertiary alicyclic amines) is 1. The Morgan fingerprint density at radius 2 is 2.00 bits per heavy atom. The molecule has 3 heterocycles. The summed E-state index contributed by atoms with van der Waals surface area (Å²) in [7, 11) is 1.82. The summed E-state index contributed by atoms with van der Waals surface area (Å²) in [5.74, 6) is -0.138. The van der Waals surface area contributed by atoms with E-state index in [-0.39, 0.29) is 17.6 Å². The molecule has 2 aromatic heterocycles. The van der Waals surface area contributed by atoms with E-state index in [1.54, 1.807) is 29.3 Å². The zero-order chi connectivity index (χ0) is 22.5. The van der Waals surface area contributed by atoms with Crippen LogP contribution < -0.4 is 0 Å². The molecule has 1 aliphatic rings. The van der Waals surface area contributed by atoms with Gasteiger partial charge in [-0.15, -0.1) is 0 Å². The van der Waals surface area contributed by atoms with Crippen molar-refractivity contribution in [1.82, 2.24) is 24.6 Å². The van der Waals surface area contributed by atoms with E-state index in [0.717, 1.165) is 44.6 Å². The Kier molecular flexibility index (Phi) is 6.55. The fraction of sp³-hybridized carbons (Fsp3) is 0.348. The van der Waals surface area contributed by atoms with Crippen molar-refractivity contribution in [3.63, 3.8) is 0 Å². The lowest BCUT2D eigenvalue weighted by Crippen LogP contribution is -2.46. The molecule has 9 heteroatoms. The number of piperidine rings is 1. The Balaban J connectivity index is 1.32. The molecule has 3 aromatic rings. The molecule has 0 bridgehead atoms. The van der Waals surface area contributed by atoms with Crippen LogP contribution in [-0.4, -0.2) is 68.1 Å². The number of pyridine rings is 1. The number of benzene rings is 1. The van der Waals surface area contributed by atoms with Gasteiger partial charge in [-0.3, -0.25) is 19.9 Å². The summed E-state index contributed by atoms with van der Waals surface area (Å²) in [5.41, 5.74) is 1.96. The zero-order valence-electron chi connectivity index (χ0n) is 18.0. The number of rotatable bonds is 7. The van der Waals surface area contributed by atoms with Gasteiger partial charge in [0.1, 0.15) is 0 Å². The van der Waals surface area contributed by atoms with Gasteiger partial charge in [0.05, 0.1) is 10.6 Å². The largest absolute Gasteiger partial charge is 0.337 e. The van der Waals surface area contributed by atoms with Crippen LogP contribution in [0.2, 0.25) is 0 Å². The molecule has 0 aliphatic carbocycles. The molecule has 0 unspecified atom stereocenters. The Morgan fingerprint density at radius 3 is 2.72 bits per heavy atom. The first-order valence-electron chi connectivity index (χ1n) is 10.7. The minimum Gasteiger partial charge on any atom is -0.337 e. The molecule has 0 atom stereocenters. The first kappa shape index (κ1) is 21.6. The van der Waals surface area contributed by atoms with E-state index >= 15 is 0 Å². The SMILES string of the molecule is CN(C(=O)c1ccn(-c2cccc([N+](=O)[O-])c2)n1)C1CCN(CCc2ccccn2)CC1. The molecule has 32 heavy (non-hydrogen) atoms. The summed E-state index contributed by atoms with van der Waals surface area (Å²) in [6.07, 6.45) is 6.23. The second-order valence-corrected chi connectivity index (χ2v) is 7.98. The number of nitro groups is 1. The maximum atomic E-state index is 13.0. The standard InChI is InChI=1S/C23H26N6O3/c1-26(19-9-14-27(15-10-19)13-8-18-5-2-3-12-24-18)23(30)22-11-16-28(25-22)20-6-4-7-21(17-20)29(31)32/h2-7,11-12,16-17,19H,8-10,13-15H2,1H3. The summed E-state index contributed by atoms with van der Waals surface area (Å²) in [6.45, 7) is 2.85. The molecule has 1 saturated heterocycles. The molecular formula is C23H26N6O3. The average Bonchev–Trinajstić information content (AvgIpc) is 3.33. The van der Waals surface area contributed by atoms with Gasteiger partial charge < -0.3 is 9.80 Å². The molecule has 1 amide bonds. The van der Waals surface area contributed by atoms with Crippen LogP contribution >= 0.6 is 0 Å². The number of hydrogen-bond donors (Lipinski definition) is 0. The van der Waals surface area contributed by atoms with Gasteiger partial charge in [-0.05, 0) is 37.1 Å². The van der Waals surface area contributed by atoms with Crippen LogP contribution in [0.25, 0.3) is 5.69 Å². The van der Waals surface area contributed by atoms with Crippen LogP contribution in [-0.2, 0) is 6.42 Å². The van der Waals surface area contributed by atoms with Crippen molar-refractivity contribution >= 4 is 11.6 Å². The number of nitrogens with zero attached hydrogens (tertiary/aromatic N) is 6. The minimum atomic E-state index is -0.449. The number of amides is 1. The summed E-state index contributed by atoms with van der Waals surface area (Å²) >= 11 is 0. The number of hydrogen-bond acceptors (Lipinski definition) is 6. The second kappa shape index (κ2) is 9.69. The fourth-order valence-electron chi connectivity index (χ4n) is 4.03. The lowest BCUT2D eigenvalue weighted by molar-refractivity contribution is -0.384. The van der Waals surface area contributed by atoms with Gasteiger partial charge >= 0.3 is 0 Å². The first-order chi connectivity index (χ1) is 15.5. The van der Waals surface area contributed by atoms with E-state index in [9.17, 15) is 14.9 Å². The molecule has 1 aromatic carbocycles. The molecular weight excluding hydrogens is 408 g/mol. The zero-order valence-corrected chi connectivity index (χ0v) is 18.0. The molecule has 4 rings (SSSR count). The van der Waals surface area contributed by atoms with Crippen LogP contribution in [0.15, 0.2) is 60.9 Å². The van der Waals surface area contributed by atoms with Crippen LogP contribution in [0.4, 0.5) is 5.69 Å².